The van der Waals surface area contributed by atoms with Gasteiger partial charge in [-0.15, -0.1) is 0 Å². The Bertz CT molecular complexity index is 381. The first-order valence-electron chi connectivity index (χ1n) is 6.10. The highest BCUT2D eigenvalue weighted by molar-refractivity contribution is 5.16. The average Bonchev–Trinajstić information content (AvgIpc) is 2.32. The Morgan fingerprint density at radius 3 is 2.71 bits per heavy atom. The van der Waals surface area contributed by atoms with Gasteiger partial charge in [0.15, 0.2) is 5.79 Å². The van der Waals surface area contributed by atoms with Crippen molar-refractivity contribution in [3.8, 4) is 0 Å². The molecule has 1 aliphatic rings. The first kappa shape index (κ1) is 12.3. The molecule has 1 aromatic carbocycles. The van der Waals surface area contributed by atoms with E-state index in [4.69, 9.17) is 9.47 Å². The van der Waals surface area contributed by atoms with E-state index in [1.54, 1.807) is 0 Å². The smallest absolute Gasteiger partial charge is 0.163 e. The number of benzene rings is 1. The third kappa shape index (κ3) is 3.42. The summed E-state index contributed by atoms with van der Waals surface area (Å²) in [6, 6.07) is 10.5. The lowest BCUT2D eigenvalue weighted by molar-refractivity contribution is -0.252. The summed E-state index contributed by atoms with van der Waals surface area (Å²) in [7, 11) is 0. The van der Waals surface area contributed by atoms with Gasteiger partial charge in [-0.05, 0) is 37.8 Å². The number of rotatable bonds is 3. The van der Waals surface area contributed by atoms with Crippen LogP contribution in [0.3, 0.4) is 0 Å². The summed E-state index contributed by atoms with van der Waals surface area (Å²) in [5.74, 6) is -0.484. The maximum absolute atomic E-state index is 5.89. The molecule has 0 aromatic heterocycles. The molecule has 2 rings (SSSR count). The van der Waals surface area contributed by atoms with Gasteiger partial charge in [-0.3, -0.25) is 0 Å². The molecule has 0 radical (unpaired) electrons. The molecular formula is C15H20O2. The summed E-state index contributed by atoms with van der Waals surface area (Å²) in [4.78, 5) is 0. The fourth-order valence-corrected chi connectivity index (χ4v) is 2.02. The number of ether oxygens (including phenoxy) is 2. The van der Waals surface area contributed by atoms with Gasteiger partial charge in [0.2, 0.25) is 0 Å². The summed E-state index contributed by atoms with van der Waals surface area (Å²) in [6.07, 6.45) is 2.09. The molecule has 0 amide bonds. The molecule has 0 saturated carbocycles. The van der Waals surface area contributed by atoms with Gasteiger partial charge in [0.25, 0.3) is 0 Å². The SMILES string of the molecule is C=C1COC(C)(C)O[C@H]1CCc1ccccc1. The monoisotopic (exact) mass is 232 g/mol. The third-order valence-electron chi connectivity index (χ3n) is 3.02. The van der Waals surface area contributed by atoms with Gasteiger partial charge in [0.1, 0.15) is 0 Å². The minimum atomic E-state index is -0.484. The maximum Gasteiger partial charge on any atom is 0.163 e. The van der Waals surface area contributed by atoms with Crippen LogP contribution in [-0.4, -0.2) is 18.5 Å². The highest BCUT2D eigenvalue weighted by Gasteiger charge is 2.31. The second-order valence-electron chi connectivity index (χ2n) is 4.98. The molecule has 17 heavy (non-hydrogen) atoms. The summed E-state index contributed by atoms with van der Waals surface area (Å²) in [6.45, 7) is 8.53. The molecule has 1 saturated heterocycles. The zero-order valence-electron chi connectivity index (χ0n) is 10.6. The fourth-order valence-electron chi connectivity index (χ4n) is 2.02. The highest BCUT2D eigenvalue weighted by Crippen LogP contribution is 2.27. The molecule has 0 aliphatic carbocycles. The van der Waals surface area contributed by atoms with Crippen LogP contribution in [0.1, 0.15) is 25.8 Å². The Balaban J connectivity index is 1.92. The van der Waals surface area contributed by atoms with Gasteiger partial charge in [0, 0.05) is 0 Å². The normalized spacial score (nSPS) is 23.6. The third-order valence-corrected chi connectivity index (χ3v) is 3.02. The predicted octanol–water partition coefficient (Wildman–Crippen LogP) is 3.33. The van der Waals surface area contributed by atoms with Crippen LogP contribution in [0, 0.1) is 0 Å². The van der Waals surface area contributed by atoms with Crippen LogP contribution >= 0.6 is 0 Å². The molecule has 0 bridgehead atoms. The molecule has 0 spiro atoms. The van der Waals surface area contributed by atoms with E-state index in [1.807, 2.05) is 19.9 Å². The minimum absolute atomic E-state index is 0.110. The van der Waals surface area contributed by atoms with Gasteiger partial charge in [-0.1, -0.05) is 36.9 Å². The van der Waals surface area contributed by atoms with Crippen molar-refractivity contribution in [2.24, 2.45) is 0 Å². The second kappa shape index (κ2) is 5.03. The Morgan fingerprint density at radius 1 is 1.29 bits per heavy atom. The molecule has 1 heterocycles. The van der Waals surface area contributed by atoms with E-state index in [-0.39, 0.29) is 6.10 Å². The van der Waals surface area contributed by atoms with E-state index in [0.29, 0.717) is 6.61 Å². The Morgan fingerprint density at radius 2 is 2.00 bits per heavy atom. The van der Waals surface area contributed by atoms with E-state index in [1.165, 1.54) is 5.56 Å². The quantitative estimate of drug-likeness (QED) is 0.744. The first-order valence-corrected chi connectivity index (χ1v) is 6.10. The molecule has 92 valence electrons. The molecule has 0 N–H and O–H groups in total. The lowest BCUT2D eigenvalue weighted by Crippen LogP contribution is -2.41. The molecule has 1 aromatic rings. The van der Waals surface area contributed by atoms with Crippen LogP contribution < -0.4 is 0 Å². The number of hydrogen-bond acceptors (Lipinski definition) is 2. The van der Waals surface area contributed by atoms with Crippen molar-refractivity contribution < 1.29 is 9.47 Å². The van der Waals surface area contributed by atoms with Crippen molar-refractivity contribution in [1.29, 1.82) is 0 Å². The van der Waals surface area contributed by atoms with Gasteiger partial charge in [-0.25, -0.2) is 0 Å². The van der Waals surface area contributed by atoms with Crippen LogP contribution in [0.2, 0.25) is 0 Å². The van der Waals surface area contributed by atoms with Crippen molar-refractivity contribution >= 4 is 0 Å². The van der Waals surface area contributed by atoms with Crippen LogP contribution in [0.4, 0.5) is 0 Å². The van der Waals surface area contributed by atoms with Crippen molar-refractivity contribution in [3.05, 3.63) is 48.0 Å². The van der Waals surface area contributed by atoms with Crippen molar-refractivity contribution in [1.82, 2.24) is 0 Å². The van der Waals surface area contributed by atoms with Crippen molar-refractivity contribution in [2.45, 2.75) is 38.6 Å². The largest absolute Gasteiger partial charge is 0.346 e. The van der Waals surface area contributed by atoms with Crippen LogP contribution in [0.25, 0.3) is 0 Å². The van der Waals surface area contributed by atoms with E-state index in [2.05, 4.69) is 30.8 Å². The lowest BCUT2D eigenvalue weighted by atomic mass is 10.0. The Labute approximate surface area is 103 Å². The Hall–Kier alpha value is -1.12. The topological polar surface area (TPSA) is 18.5 Å². The standard InChI is InChI=1S/C15H20O2/c1-12-11-16-15(2,3)17-14(12)10-9-13-7-5-4-6-8-13/h4-8,14H,1,9-11H2,2-3H3/t14-/m0/s1. The molecule has 1 aliphatic heterocycles. The molecule has 1 atom stereocenters. The highest BCUT2D eigenvalue weighted by atomic mass is 16.7. The van der Waals surface area contributed by atoms with Crippen molar-refractivity contribution in [3.63, 3.8) is 0 Å². The number of aryl methyl sites for hydroxylation is 1. The summed E-state index contributed by atoms with van der Waals surface area (Å²) >= 11 is 0. The summed E-state index contributed by atoms with van der Waals surface area (Å²) in [5, 5.41) is 0. The summed E-state index contributed by atoms with van der Waals surface area (Å²) in [5.41, 5.74) is 2.38. The van der Waals surface area contributed by atoms with E-state index in [9.17, 15) is 0 Å². The molecule has 1 fully saturated rings. The van der Waals surface area contributed by atoms with Gasteiger partial charge in [0.05, 0.1) is 12.7 Å². The Kier molecular flexibility index (Phi) is 3.65. The summed E-state index contributed by atoms with van der Waals surface area (Å²) < 4.78 is 11.4. The van der Waals surface area contributed by atoms with Crippen LogP contribution in [0.15, 0.2) is 42.5 Å². The fraction of sp³-hybridized carbons (Fsp3) is 0.467. The first-order chi connectivity index (χ1) is 8.07. The maximum atomic E-state index is 5.89. The molecule has 0 unspecified atom stereocenters. The van der Waals surface area contributed by atoms with E-state index in [0.717, 1.165) is 18.4 Å². The lowest BCUT2D eigenvalue weighted by Gasteiger charge is -2.37. The van der Waals surface area contributed by atoms with E-state index < -0.39 is 5.79 Å². The van der Waals surface area contributed by atoms with Gasteiger partial charge >= 0.3 is 0 Å². The van der Waals surface area contributed by atoms with Crippen LogP contribution in [-0.2, 0) is 15.9 Å². The molecular weight excluding hydrogens is 212 g/mol. The molecule has 2 heteroatoms. The predicted molar refractivity (Wildman–Crippen MR) is 68.8 cm³/mol. The number of hydrogen-bond donors (Lipinski definition) is 0. The second-order valence-corrected chi connectivity index (χ2v) is 4.98. The minimum Gasteiger partial charge on any atom is -0.346 e. The van der Waals surface area contributed by atoms with Gasteiger partial charge < -0.3 is 9.47 Å². The van der Waals surface area contributed by atoms with Gasteiger partial charge in [-0.2, -0.15) is 0 Å². The molecule has 2 nitrogen and oxygen atoms in total. The van der Waals surface area contributed by atoms with Crippen LogP contribution in [0.5, 0.6) is 0 Å². The van der Waals surface area contributed by atoms with E-state index >= 15 is 0 Å². The average molecular weight is 232 g/mol. The van der Waals surface area contributed by atoms with Crippen molar-refractivity contribution in [2.75, 3.05) is 6.61 Å². The zero-order chi connectivity index (χ0) is 12.3. The zero-order valence-corrected chi connectivity index (χ0v) is 10.6.